The minimum atomic E-state index is -1.58. The fourth-order valence-corrected chi connectivity index (χ4v) is 1.83. The lowest BCUT2D eigenvalue weighted by molar-refractivity contribution is 0.102. The summed E-state index contributed by atoms with van der Waals surface area (Å²) in [4.78, 5) is 12.0. The van der Waals surface area contributed by atoms with Gasteiger partial charge in [0.2, 0.25) is 0 Å². The Morgan fingerprint density at radius 2 is 1.67 bits per heavy atom. The van der Waals surface area contributed by atoms with Crippen LogP contribution in [0.4, 0.5) is 24.5 Å². The molecule has 0 bridgehead atoms. The van der Waals surface area contributed by atoms with Crippen molar-refractivity contribution in [2.75, 3.05) is 10.7 Å². The monoisotopic (exact) mass is 295 g/mol. The maximum Gasteiger partial charge on any atom is 0.255 e. The topological polar surface area (TPSA) is 67.1 Å². The Kier molecular flexibility index (Phi) is 4.13. The fourth-order valence-electron chi connectivity index (χ4n) is 1.83. The number of hydrogen-bond donors (Lipinski definition) is 3. The summed E-state index contributed by atoms with van der Waals surface area (Å²) in [5.41, 5.74) is 3.80. The molecule has 0 radical (unpaired) electrons. The highest BCUT2D eigenvalue weighted by Crippen LogP contribution is 2.20. The normalized spacial score (nSPS) is 10.3. The Balaban J connectivity index is 2.26. The number of nitrogens with two attached hydrogens (primary N) is 1. The van der Waals surface area contributed by atoms with E-state index in [1.165, 1.54) is 6.07 Å². The van der Waals surface area contributed by atoms with Crippen LogP contribution < -0.4 is 16.6 Å². The van der Waals surface area contributed by atoms with Gasteiger partial charge >= 0.3 is 0 Å². The van der Waals surface area contributed by atoms with Gasteiger partial charge in [0.15, 0.2) is 17.5 Å². The molecule has 110 valence electrons. The average molecular weight is 295 g/mol. The first-order valence-corrected chi connectivity index (χ1v) is 5.95. The van der Waals surface area contributed by atoms with E-state index < -0.39 is 23.4 Å². The zero-order valence-corrected chi connectivity index (χ0v) is 11.0. The first-order valence-electron chi connectivity index (χ1n) is 5.95. The van der Waals surface area contributed by atoms with Crippen molar-refractivity contribution in [2.24, 2.45) is 5.84 Å². The number of hydrogen-bond acceptors (Lipinski definition) is 3. The van der Waals surface area contributed by atoms with Crippen molar-refractivity contribution >= 4 is 17.3 Å². The highest BCUT2D eigenvalue weighted by molar-refractivity contribution is 6.05. The van der Waals surface area contributed by atoms with Gasteiger partial charge < -0.3 is 10.7 Å². The molecule has 0 saturated heterocycles. The first-order chi connectivity index (χ1) is 9.92. The molecule has 0 unspecified atom stereocenters. The van der Waals surface area contributed by atoms with E-state index in [2.05, 4.69) is 10.7 Å². The van der Waals surface area contributed by atoms with Crippen molar-refractivity contribution in [2.45, 2.75) is 6.92 Å². The highest BCUT2D eigenvalue weighted by Gasteiger charge is 2.14. The van der Waals surface area contributed by atoms with E-state index in [0.717, 1.165) is 0 Å². The molecule has 4 N–H and O–H groups in total. The molecule has 4 nitrogen and oxygen atoms in total. The minimum absolute atomic E-state index is 0.170. The minimum Gasteiger partial charge on any atom is -0.324 e. The quantitative estimate of drug-likeness (QED) is 0.463. The number of rotatable bonds is 3. The van der Waals surface area contributed by atoms with Gasteiger partial charge in [-0.2, -0.15) is 0 Å². The number of carbonyl (C=O) groups is 1. The molecular formula is C14H12F3N3O. The smallest absolute Gasteiger partial charge is 0.255 e. The van der Waals surface area contributed by atoms with E-state index >= 15 is 0 Å². The van der Waals surface area contributed by atoms with Gasteiger partial charge in [0, 0.05) is 29.1 Å². The molecule has 0 fully saturated rings. The molecule has 0 saturated carbocycles. The number of halogens is 3. The van der Waals surface area contributed by atoms with Crippen LogP contribution in [0.5, 0.6) is 0 Å². The molecule has 0 aliphatic heterocycles. The molecule has 0 atom stereocenters. The van der Waals surface area contributed by atoms with Gasteiger partial charge in [-0.05, 0) is 30.7 Å². The second-order valence-electron chi connectivity index (χ2n) is 4.38. The summed E-state index contributed by atoms with van der Waals surface area (Å²) >= 11 is 0. The van der Waals surface area contributed by atoms with Crippen molar-refractivity contribution in [1.82, 2.24) is 0 Å². The van der Waals surface area contributed by atoms with Gasteiger partial charge in [-0.1, -0.05) is 0 Å². The molecule has 7 heteroatoms. The van der Waals surface area contributed by atoms with E-state index in [4.69, 9.17) is 5.84 Å². The van der Waals surface area contributed by atoms with Crippen LogP contribution in [0.15, 0.2) is 30.3 Å². The van der Waals surface area contributed by atoms with Crippen LogP contribution in [0.25, 0.3) is 0 Å². The summed E-state index contributed by atoms with van der Waals surface area (Å²) in [7, 11) is 0. The second-order valence-corrected chi connectivity index (χ2v) is 4.38. The predicted octanol–water partition coefficient (Wildman–Crippen LogP) is 2.95. The van der Waals surface area contributed by atoms with Gasteiger partial charge in [-0.25, -0.2) is 13.2 Å². The number of nitrogens with one attached hydrogen (secondary N) is 2. The zero-order chi connectivity index (χ0) is 15.6. The number of amides is 1. The molecule has 2 aromatic rings. The molecule has 0 heterocycles. The van der Waals surface area contributed by atoms with Crippen LogP contribution in [0.2, 0.25) is 0 Å². The van der Waals surface area contributed by atoms with Crippen LogP contribution >= 0.6 is 0 Å². The van der Waals surface area contributed by atoms with Crippen molar-refractivity contribution in [1.29, 1.82) is 0 Å². The maximum absolute atomic E-state index is 13.1. The summed E-state index contributed by atoms with van der Waals surface area (Å²) in [6.07, 6.45) is 0. The lowest BCUT2D eigenvalue weighted by Crippen LogP contribution is -2.15. The highest BCUT2D eigenvalue weighted by atomic mass is 19.2. The lowest BCUT2D eigenvalue weighted by Gasteiger charge is -2.10. The van der Waals surface area contributed by atoms with E-state index in [1.807, 2.05) is 0 Å². The van der Waals surface area contributed by atoms with E-state index in [-0.39, 0.29) is 5.69 Å². The average Bonchev–Trinajstić information content (AvgIpc) is 2.44. The lowest BCUT2D eigenvalue weighted by atomic mass is 10.1. The van der Waals surface area contributed by atoms with Crippen molar-refractivity contribution in [3.63, 3.8) is 0 Å². The Labute approximate surface area is 118 Å². The number of hydrazine groups is 1. The van der Waals surface area contributed by atoms with E-state index in [0.29, 0.717) is 28.9 Å². The van der Waals surface area contributed by atoms with Gasteiger partial charge in [-0.15, -0.1) is 0 Å². The van der Waals surface area contributed by atoms with Crippen LogP contribution in [0.1, 0.15) is 15.9 Å². The third-order valence-electron chi connectivity index (χ3n) is 2.88. The molecular weight excluding hydrogens is 283 g/mol. The van der Waals surface area contributed by atoms with Gasteiger partial charge in [-0.3, -0.25) is 10.6 Å². The number of nitrogen functional groups attached to an aromatic ring is 1. The van der Waals surface area contributed by atoms with Crippen LogP contribution in [-0.4, -0.2) is 5.91 Å². The summed E-state index contributed by atoms with van der Waals surface area (Å²) in [5.74, 6) is 0.356. The maximum atomic E-state index is 13.1. The molecule has 0 aliphatic rings. The Morgan fingerprint density at radius 3 is 2.19 bits per heavy atom. The summed E-state index contributed by atoms with van der Waals surface area (Å²) in [5, 5.41) is 2.31. The molecule has 0 aromatic heterocycles. The molecule has 2 rings (SSSR count). The first kappa shape index (κ1) is 14.9. The molecule has 2 aromatic carbocycles. The third-order valence-corrected chi connectivity index (χ3v) is 2.88. The Morgan fingerprint density at radius 1 is 1.05 bits per heavy atom. The predicted molar refractivity (Wildman–Crippen MR) is 73.3 cm³/mol. The molecule has 21 heavy (non-hydrogen) atoms. The number of aryl methyl sites for hydroxylation is 1. The summed E-state index contributed by atoms with van der Waals surface area (Å²) in [6.45, 7) is 1.68. The molecule has 1 amide bonds. The van der Waals surface area contributed by atoms with Gasteiger partial charge in [0.1, 0.15) is 0 Å². The van der Waals surface area contributed by atoms with Crippen LogP contribution in [-0.2, 0) is 0 Å². The molecule has 0 spiro atoms. The van der Waals surface area contributed by atoms with Crippen LogP contribution in [0.3, 0.4) is 0 Å². The number of anilines is 2. The van der Waals surface area contributed by atoms with Crippen LogP contribution in [0, 0.1) is 24.4 Å². The molecule has 0 aliphatic carbocycles. The van der Waals surface area contributed by atoms with Gasteiger partial charge in [0.25, 0.3) is 5.91 Å². The van der Waals surface area contributed by atoms with E-state index in [1.54, 1.807) is 19.1 Å². The largest absolute Gasteiger partial charge is 0.324 e. The van der Waals surface area contributed by atoms with E-state index in [9.17, 15) is 18.0 Å². The Hall–Kier alpha value is -2.54. The Bertz CT molecular complexity index is 681. The van der Waals surface area contributed by atoms with Crippen molar-refractivity contribution in [3.8, 4) is 0 Å². The SMILES string of the molecule is Cc1cc(NN)ccc1C(=O)Nc1cc(F)c(F)c(F)c1. The standard InChI is InChI=1S/C14H12F3N3O/c1-7-4-8(20-18)2-3-10(7)14(21)19-9-5-11(15)13(17)12(16)6-9/h2-6,20H,18H2,1H3,(H,19,21). The zero-order valence-electron chi connectivity index (χ0n) is 11.0. The second kappa shape index (κ2) is 5.84. The van der Waals surface area contributed by atoms with Gasteiger partial charge in [0.05, 0.1) is 0 Å². The number of benzene rings is 2. The third kappa shape index (κ3) is 3.14. The number of carbonyl (C=O) groups excluding carboxylic acids is 1. The fraction of sp³-hybridized carbons (Fsp3) is 0.0714. The summed E-state index contributed by atoms with van der Waals surface area (Å²) < 4.78 is 39.0. The van der Waals surface area contributed by atoms with Crippen molar-refractivity contribution in [3.05, 3.63) is 58.9 Å². The van der Waals surface area contributed by atoms with Crippen molar-refractivity contribution < 1.29 is 18.0 Å². The summed E-state index contributed by atoms with van der Waals surface area (Å²) in [6, 6.07) is 6.15.